The zero-order chi connectivity index (χ0) is 14.0. The Balaban J connectivity index is 2.44. The fourth-order valence-electron chi connectivity index (χ4n) is 1.67. The summed E-state index contributed by atoms with van der Waals surface area (Å²) < 4.78 is 13.7. The van der Waals surface area contributed by atoms with Gasteiger partial charge in [0, 0.05) is 0 Å². The Labute approximate surface area is 114 Å². The van der Waals surface area contributed by atoms with Gasteiger partial charge in [-0.2, -0.15) is 0 Å². The summed E-state index contributed by atoms with van der Waals surface area (Å²) in [6.07, 6.45) is 0. The van der Waals surface area contributed by atoms with Crippen LogP contribution in [0.4, 0.5) is 21.5 Å². The van der Waals surface area contributed by atoms with Gasteiger partial charge in [-0.15, -0.1) is 0 Å². The van der Waals surface area contributed by atoms with E-state index in [2.05, 4.69) is 5.32 Å². The molecule has 0 heterocycles. The van der Waals surface area contributed by atoms with Crippen LogP contribution in [0.1, 0.15) is 5.56 Å². The average Bonchev–Trinajstić information content (AvgIpc) is 2.32. The first-order valence-corrected chi connectivity index (χ1v) is 5.83. The van der Waals surface area contributed by atoms with Crippen LogP contribution in [-0.2, 0) is 0 Å². The van der Waals surface area contributed by atoms with Crippen LogP contribution < -0.4 is 5.32 Å². The number of rotatable bonds is 3. The van der Waals surface area contributed by atoms with Crippen molar-refractivity contribution in [1.82, 2.24) is 0 Å². The normalized spacial score (nSPS) is 10.3. The first-order chi connectivity index (χ1) is 8.99. The molecule has 6 heteroatoms. The number of hydrogen-bond donors (Lipinski definition) is 1. The van der Waals surface area contributed by atoms with E-state index in [1.807, 2.05) is 0 Å². The van der Waals surface area contributed by atoms with Crippen LogP contribution in [0.3, 0.4) is 0 Å². The van der Waals surface area contributed by atoms with Gasteiger partial charge in [-0.05, 0) is 36.8 Å². The monoisotopic (exact) mass is 280 g/mol. The third-order valence-electron chi connectivity index (χ3n) is 2.56. The summed E-state index contributed by atoms with van der Waals surface area (Å²) in [6, 6.07) is 9.03. The maximum absolute atomic E-state index is 13.7. The lowest BCUT2D eigenvalue weighted by molar-refractivity contribution is -0.383. The van der Waals surface area contributed by atoms with Gasteiger partial charge in [0.25, 0.3) is 0 Å². The second-order valence-electron chi connectivity index (χ2n) is 4.00. The molecule has 2 aromatic carbocycles. The molecule has 0 radical (unpaired) electrons. The zero-order valence-electron chi connectivity index (χ0n) is 9.98. The van der Waals surface area contributed by atoms with Gasteiger partial charge in [-0.3, -0.25) is 10.1 Å². The number of nitro benzene ring substituents is 1. The molecule has 0 aliphatic heterocycles. The van der Waals surface area contributed by atoms with E-state index < -0.39 is 10.7 Å². The second kappa shape index (κ2) is 5.24. The van der Waals surface area contributed by atoms with Crippen LogP contribution in [0.5, 0.6) is 0 Å². The summed E-state index contributed by atoms with van der Waals surface area (Å²) >= 11 is 5.78. The third-order valence-corrected chi connectivity index (χ3v) is 2.87. The molecule has 0 aliphatic rings. The van der Waals surface area contributed by atoms with E-state index in [1.54, 1.807) is 19.1 Å². The number of nitro groups is 1. The lowest BCUT2D eigenvalue weighted by Gasteiger charge is -2.09. The van der Waals surface area contributed by atoms with Crippen LogP contribution in [0.15, 0.2) is 36.4 Å². The number of anilines is 2. The quantitative estimate of drug-likeness (QED) is 0.668. The summed E-state index contributed by atoms with van der Waals surface area (Å²) in [5.74, 6) is -0.478. The largest absolute Gasteiger partial charge is 0.347 e. The van der Waals surface area contributed by atoms with Crippen LogP contribution >= 0.6 is 11.6 Å². The molecule has 98 valence electrons. The van der Waals surface area contributed by atoms with E-state index in [9.17, 15) is 14.5 Å². The highest BCUT2D eigenvalue weighted by molar-refractivity contribution is 6.33. The van der Waals surface area contributed by atoms with Gasteiger partial charge >= 0.3 is 5.69 Å². The molecule has 2 rings (SSSR count). The molecule has 0 spiro atoms. The second-order valence-corrected chi connectivity index (χ2v) is 4.41. The van der Waals surface area contributed by atoms with Gasteiger partial charge in [-0.25, -0.2) is 4.39 Å². The Morgan fingerprint density at radius 2 is 2.00 bits per heavy atom. The van der Waals surface area contributed by atoms with E-state index in [1.165, 1.54) is 24.3 Å². The molecule has 2 aromatic rings. The fraction of sp³-hybridized carbons (Fsp3) is 0.0769. The molecule has 19 heavy (non-hydrogen) atoms. The standard InChI is InChI=1S/C13H10ClFN2O2/c1-8-5-6-11(10(15)7-8)16-12-4-2-3-9(14)13(12)17(18)19/h2-7,16H,1H3. The highest BCUT2D eigenvalue weighted by Gasteiger charge is 2.19. The topological polar surface area (TPSA) is 55.2 Å². The number of benzene rings is 2. The smallest absolute Gasteiger partial charge is 0.311 e. The number of hydrogen-bond acceptors (Lipinski definition) is 3. The summed E-state index contributed by atoms with van der Waals surface area (Å²) in [5.41, 5.74) is 0.809. The Morgan fingerprint density at radius 1 is 1.26 bits per heavy atom. The van der Waals surface area contributed by atoms with Gasteiger partial charge in [0.2, 0.25) is 0 Å². The Kier molecular flexibility index (Phi) is 3.66. The van der Waals surface area contributed by atoms with Crippen molar-refractivity contribution in [2.45, 2.75) is 6.92 Å². The van der Waals surface area contributed by atoms with Crippen LogP contribution in [0.25, 0.3) is 0 Å². The Morgan fingerprint density at radius 3 is 2.63 bits per heavy atom. The minimum atomic E-state index is -0.600. The van der Waals surface area contributed by atoms with Crippen LogP contribution in [0, 0.1) is 22.9 Å². The Bertz CT molecular complexity index is 647. The summed E-state index contributed by atoms with van der Waals surface area (Å²) in [5, 5.41) is 13.7. The molecule has 0 fully saturated rings. The van der Waals surface area contributed by atoms with Crippen molar-refractivity contribution < 1.29 is 9.31 Å². The predicted molar refractivity (Wildman–Crippen MR) is 72.5 cm³/mol. The van der Waals surface area contributed by atoms with E-state index in [0.29, 0.717) is 0 Å². The SMILES string of the molecule is Cc1ccc(Nc2cccc(Cl)c2[N+](=O)[O-])c(F)c1. The maximum atomic E-state index is 13.7. The molecular formula is C13H10ClFN2O2. The third kappa shape index (κ3) is 2.82. The first-order valence-electron chi connectivity index (χ1n) is 5.45. The molecule has 0 amide bonds. The molecule has 0 bridgehead atoms. The Hall–Kier alpha value is -2.14. The molecular weight excluding hydrogens is 271 g/mol. The summed E-state index contributed by atoms with van der Waals surface area (Å²) in [6.45, 7) is 1.76. The van der Waals surface area contributed by atoms with Gasteiger partial charge in [-0.1, -0.05) is 23.7 Å². The van der Waals surface area contributed by atoms with Crippen molar-refractivity contribution >= 4 is 28.7 Å². The van der Waals surface area contributed by atoms with E-state index in [4.69, 9.17) is 11.6 Å². The zero-order valence-corrected chi connectivity index (χ0v) is 10.7. The van der Waals surface area contributed by atoms with E-state index >= 15 is 0 Å². The van der Waals surface area contributed by atoms with Crippen molar-refractivity contribution in [1.29, 1.82) is 0 Å². The molecule has 0 saturated heterocycles. The highest BCUT2D eigenvalue weighted by Crippen LogP contribution is 2.34. The number of para-hydroxylation sites is 1. The van der Waals surface area contributed by atoms with Crippen molar-refractivity contribution in [2.75, 3.05) is 5.32 Å². The van der Waals surface area contributed by atoms with Gasteiger partial charge in [0.15, 0.2) is 0 Å². The molecule has 0 unspecified atom stereocenters. The number of nitrogens with zero attached hydrogens (tertiary/aromatic N) is 1. The van der Waals surface area contributed by atoms with E-state index in [-0.39, 0.29) is 22.1 Å². The lowest BCUT2D eigenvalue weighted by Crippen LogP contribution is -1.99. The lowest BCUT2D eigenvalue weighted by atomic mass is 10.2. The van der Waals surface area contributed by atoms with Crippen LogP contribution in [0.2, 0.25) is 5.02 Å². The van der Waals surface area contributed by atoms with Crippen molar-refractivity contribution in [3.63, 3.8) is 0 Å². The maximum Gasteiger partial charge on any atom is 0.311 e. The fourth-order valence-corrected chi connectivity index (χ4v) is 1.91. The first kappa shape index (κ1) is 13.3. The van der Waals surface area contributed by atoms with Gasteiger partial charge in [0.05, 0.1) is 10.6 Å². The van der Waals surface area contributed by atoms with Crippen LogP contribution in [-0.4, -0.2) is 4.92 Å². The predicted octanol–water partition coefficient (Wildman–Crippen LogP) is 4.44. The number of halogens is 2. The molecule has 0 aliphatic carbocycles. The number of aryl methyl sites for hydroxylation is 1. The molecule has 1 N–H and O–H groups in total. The summed E-state index contributed by atoms with van der Waals surface area (Å²) in [4.78, 5) is 10.4. The summed E-state index contributed by atoms with van der Waals surface area (Å²) in [7, 11) is 0. The van der Waals surface area contributed by atoms with E-state index in [0.717, 1.165) is 5.56 Å². The molecule has 0 atom stereocenters. The van der Waals surface area contributed by atoms with Crippen molar-refractivity contribution in [3.8, 4) is 0 Å². The highest BCUT2D eigenvalue weighted by atomic mass is 35.5. The molecule has 0 aromatic heterocycles. The number of nitrogens with one attached hydrogen (secondary N) is 1. The minimum Gasteiger partial charge on any atom is -0.347 e. The van der Waals surface area contributed by atoms with Crippen molar-refractivity contribution in [3.05, 3.63) is 62.9 Å². The molecule has 4 nitrogen and oxygen atoms in total. The van der Waals surface area contributed by atoms with Gasteiger partial charge < -0.3 is 5.32 Å². The minimum absolute atomic E-state index is 0.00233. The van der Waals surface area contributed by atoms with Gasteiger partial charge in [0.1, 0.15) is 16.5 Å². The molecule has 0 saturated carbocycles. The van der Waals surface area contributed by atoms with Crippen molar-refractivity contribution in [2.24, 2.45) is 0 Å². The average molecular weight is 281 g/mol.